The van der Waals surface area contributed by atoms with E-state index in [-0.39, 0.29) is 5.82 Å². The van der Waals surface area contributed by atoms with Crippen molar-refractivity contribution in [2.75, 3.05) is 5.73 Å². The van der Waals surface area contributed by atoms with Gasteiger partial charge in [0.1, 0.15) is 11.6 Å². The number of hydrogen-bond acceptors (Lipinski definition) is 3. The molecule has 3 nitrogen and oxygen atoms in total. The Kier molecular flexibility index (Phi) is 2.79. The number of nitrogen functional groups attached to an aromatic ring is 1. The molecule has 17 heavy (non-hydrogen) atoms. The second kappa shape index (κ2) is 4.13. The smallest absolute Gasteiger partial charge is 0.162 e. The average molecular weight is 231 g/mol. The monoisotopic (exact) mass is 231 g/mol. The van der Waals surface area contributed by atoms with Crippen LogP contribution in [0.25, 0.3) is 11.4 Å². The maximum atomic E-state index is 13.2. The molecule has 2 N–H and O–H groups in total. The molecule has 0 saturated heterocycles. The van der Waals surface area contributed by atoms with Gasteiger partial charge in [-0.3, -0.25) is 0 Å². The largest absolute Gasteiger partial charge is 0.383 e. The summed E-state index contributed by atoms with van der Waals surface area (Å²) in [6.45, 7) is 5.63. The van der Waals surface area contributed by atoms with Crippen LogP contribution in [0.5, 0.6) is 0 Å². The first-order chi connectivity index (χ1) is 7.99. The fourth-order valence-corrected chi connectivity index (χ4v) is 1.61. The van der Waals surface area contributed by atoms with Gasteiger partial charge >= 0.3 is 0 Å². The number of halogens is 1. The van der Waals surface area contributed by atoms with Gasteiger partial charge in [0.15, 0.2) is 5.82 Å². The van der Waals surface area contributed by atoms with Crippen molar-refractivity contribution in [2.24, 2.45) is 0 Å². The maximum Gasteiger partial charge on any atom is 0.162 e. The third-order valence-corrected chi connectivity index (χ3v) is 2.87. The molecular weight excluding hydrogens is 217 g/mol. The normalized spacial score (nSPS) is 10.6. The summed E-state index contributed by atoms with van der Waals surface area (Å²) < 4.78 is 13.2. The minimum atomic E-state index is -0.300. The van der Waals surface area contributed by atoms with Gasteiger partial charge < -0.3 is 5.73 Å². The number of anilines is 1. The second-order valence-corrected chi connectivity index (χ2v) is 4.10. The SMILES string of the molecule is Cc1ccc(F)cc1-c1nc(C)c(C)c(N)n1. The number of rotatable bonds is 1. The Bertz CT molecular complexity index is 556. The predicted molar refractivity (Wildman–Crippen MR) is 66.0 cm³/mol. The highest BCUT2D eigenvalue weighted by Gasteiger charge is 2.10. The van der Waals surface area contributed by atoms with Gasteiger partial charge in [0.25, 0.3) is 0 Å². The van der Waals surface area contributed by atoms with Gasteiger partial charge in [0, 0.05) is 16.8 Å². The van der Waals surface area contributed by atoms with E-state index < -0.39 is 0 Å². The van der Waals surface area contributed by atoms with Crippen LogP contribution in [0.1, 0.15) is 16.8 Å². The summed E-state index contributed by atoms with van der Waals surface area (Å²) in [6, 6.07) is 4.56. The number of hydrogen-bond donors (Lipinski definition) is 1. The molecule has 2 aromatic rings. The van der Waals surface area contributed by atoms with Crippen LogP contribution < -0.4 is 5.73 Å². The molecule has 1 aromatic heterocycles. The summed E-state index contributed by atoms with van der Waals surface area (Å²) in [5, 5.41) is 0. The first-order valence-electron chi connectivity index (χ1n) is 5.36. The maximum absolute atomic E-state index is 13.2. The van der Waals surface area contributed by atoms with Gasteiger partial charge in [0.05, 0.1) is 0 Å². The molecule has 0 aliphatic carbocycles. The standard InChI is InChI=1S/C13H14FN3/c1-7-4-5-10(14)6-11(7)13-16-9(3)8(2)12(15)17-13/h4-6H,1-3H3,(H2,15,16,17). The van der Waals surface area contributed by atoms with Crippen LogP contribution in [0.3, 0.4) is 0 Å². The summed E-state index contributed by atoms with van der Waals surface area (Å²) in [6.07, 6.45) is 0. The molecule has 2 rings (SSSR count). The molecule has 0 unspecified atom stereocenters. The number of nitrogens with two attached hydrogens (primary N) is 1. The highest BCUT2D eigenvalue weighted by atomic mass is 19.1. The van der Waals surface area contributed by atoms with Crippen LogP contribution in [-0.4, -0.2) is 9.97 Å². The van der Waals surface area contributed by atoms with Crippen molar-refractivity contribution in [3.05, 3.63) is 40.8 Å². The highest BCUT2D eigenvalue weighted by molar-refractivity contribution is 5.62. The fraction of sp³-hybridized carbons (Fsp3) is 0.231. The molecule has 0 saturated carbocycles. The van der Waals surface area contributed by atoms with Crippen LogP contribution in [-0.2, 0) is 0 Å². The molecule has 0 amide bonds. The van der Waals surface area contributed by atoms with E-state index in [1.165, 1.54) is 12.1 Å². The molecule has 0 fully saturated rings. The lowest BCUT2D eigenvalue weighted by atomic mass is 10.1. The minimum absolute atomic E-state index is 0.300. The Balaban J connectivity index is 2.64. The lowest BCUT2D eigenvalue weighted by Gasteiger charge is -2.09. The van der Waals surface area contributed by atoms with Crippen LogP contribution in [0, 0.1) is 26.6 Å². The van der Waals surface area contributed by atoms with Gasteiger partial charge in [-0.25, -0.2) is 14.4 Å². The third-order valence-electron chi connectivity index (χ3n) is 2.87. The zero-order chi connectivity index (χ0) is 12.6. The van der Waals surface area contributed by atoms with Crippen molar-refractivity contribution in [1.82, 2.24) is 9.97 Å². The van der Waals surface area contributed by atoms with Crippen LogP contribution in [0.2, 0.25) is 0 Å². The first kappa shape index (κ1) is 11.5. The van der Waals surface area contributed by atoms with Crippen molar-refractivity contribution in [3.63, 3.8) is 0 Å². The van der Waals surface area contributed by atoms with Gasteiger partial charge in [0.2, 0.25) is 0 Å². The van der Waals surface area contributed by atoms with Gasteiger partial charge in [-0.2, -0.15) is 0 Å². The Morgan fingerprint density at radius 3 is 2.47 bits per heavy atom. The van der Waals surface area contributed by atoms with Crippen molar-refractivity contribution in [2.45, 2.75) is 20.8 Å². The molecule has 0 spiro atoms. The Labute approximate surface area is 99.5 Å². The van der Waals surface area contributed by atoms with E-state index in [1.54, 1.807) is 6.07 Å². The fourth-order valence-electron chi connectivity index (χ4n) is 1.61. The molecule has 4 heteroatoms. The van der Waals surface area contributed by atoms with Gasteiger partial charge in [-0.1, -0.05) is 6.07 Å². The van der Waals surface area contributed by atoms with E-state index >= 15 is 0 Å². The molecule has 0 bridgehead atoms. The van der Waals surface area contributed by atoms with E-state index in [1.807, 2.05) is 20.8 Å². The lowest BCUT2D eigenvalue weighted by Crippen LogP contribution is -2.03. The van der Waals surface area contributed by atoms with E-state index in [9.17, 15) is 4.39 Å². The molecule has 88 valence electrons. The number of nitrogens with zero attached hydrogens (tertiary/aromatic N) is 2. The van der Waals surface area contributed by atoms with Crippen LogP contribution in [0.15, 0.2) is 18.2 Å². The summed E-state index contributed by atoms with van der Waals surface area (Å²) in [4.78, 5) is 8.55. The predicted octanol–water partition coefficient (Wildman–Crippen LogP) is 2.79. The van der Waals surface area contributed by atoms with Crippen molar-refractivity contribution in [1.29, 1.82) is 0 Å². The van der Waals surface area contributed by atoms with Crippen LogP contribution in [0.4, 0.5) is 10.2 Å². The quantitative estimate of drug-likeness (QED) is 0.821. The minimum Gasteiger partial charge on any atom is -0.383 e. The first-order valence-corrected chi connectivity index (χ1v) is 5.36. The summed E-state index contributed by atoms with van der Waals surface area (Å²) >= 11 is 0. The lowest BCUT2D eigenvalue weighted by molar-refractivity contribution is 0.627. The average Bonchev–Trinajstić information content (AvgIpc) is 2.28. The topological polar surface area (TPSA) is 51.8 Å². The van der Waals surface area contributed by atoms with E-state index in [0.717, 1.165) is 16.8 Å². The van der Waals surface area contributed by atoms with E-state index in [0.29, 0.717) is 17.2 Å². The summed E-state index contributed by atoms with van der Waals surface area (Å²) in [5.74, 6) is 0.616. The van der Waals surface area contributed by atoms with E-state index in [4.69, 9.17) is 5.73 Å². The molecule has 0 atom stereocenters. The second-order valence-electron chi connectivity index (χ2n) is 4.10. The van der Waals surface area contributed by atoms with E-state index in [2.05, 4.69) is 9.97 Å². The van der Waals surface area contributed by atoms with Crippen molar-refractivity contribution >= 4 is 5.82 Å². The summed E-state index contributed by atoms with van der Waals surface area (Å²) in [7, 11) is 0. The third kappa shape index (κ3) is 2.11. The Hall–Kier alpha value is -1.97. The highest BCUT2D eigenvalue weighted by Crippen LogP contribution is 2.23. The van der Waals surface area contributed by atoms with Crippen molar-refractivity contribution in [3.8, 4) is 11.4 Å². The zero-order valence-electron chi connectivity index (χ0n) is 10.1. The van der Waals surface area contributed by atoms with Crippen molar-refractivity contribution < 1.29 is 4.39 Å². The zero-order valence-corrected chi connectivity index (χ0v) is 10.1. The molecule has 0 aliphatic rings. The molecule has 0 aliphatic heterocycles. The van der Waals surface area contributed by atoms with Gasteiger partial charge in [-0.15, -0.1) is 0 Å². The summed E-state index contributed by atoms with van der Waals surface area (Å²) in [5.41, 5.74) is 9.09. The molecule has 1 aromatic carbocycles. The number of benzene rings is 1. The molecule has 0 radical (unpaired) electrons. The Morgan fingerprint density at radius 2 is 1.82 bits per heavy atom. The van der Waals surface area contributed by atoms with Gasteiger partial charge in [-0.05, 0) is 38.5 Å². The number of aromatic nitrogens is 2. The number of aryl methyl sites for hydroxylation is 2. The molecule has 1 heterocycles. The molecular formula is C13H14FN3. The Morgan fingerprint density at radius 1 is 1.12 bits per heavy atom. The van der Waals surface area contributed by atoms with Crippen LogP contribution >= 0.6 is 0 Å².